The van der Waals surface area contributed by atoms with Gasteiger partial charge in [0.1, 0.15) is 12.1 Å². The Balaban J connectivity index is 1.29. The molecule has 0 saturated carbocycles. The second-order valence-electron chi connectivity index (χ2n) is 7.54. The van der Waals surface area contributed by atoms with E-state index < -0.39 is 0 Å². The molecule has 0 unspecified atom stereocenters. The third-order valence-electron chi connectivity index (χ3n) is 5.70. The minimum Gasteiger partial charge on any atom is -0.355 e. The molecule has 1 saturated heterocycles. The molecule has 2 aliphatic heterocycles. The van der Waals surface area contributed by atoms with Gasteiger partial charge in [0.05, 0.1) is 12.2 Å². The van der Waals surface area contributed by atoms with Crippen molar-refractivity contribution in [1.29, 1.82) is 0 Å². The molecule has 2 aromatic rings. The zero-order chi connectivity index (χ0) is 17.5. The Labute approximate surface area is 157 Å². The Morgan fingerprint density at radius 2 is 2.00 bits per heavy atom. The first-order valence-electron chi connectivity index (χ1n) is 9.53. The molecule has 136 valence electrons. The van der Waals surface area contributed by atoms with Gasteiger partial charge < -0.3 is 4.90 Å². The fourth-order valence-electron chi connectivity index (χ4n) is 4.26. The summed E-state index contributed by atoms with van der Waals surface area (Å²) in [6.07, 6.45) is 7.32. The number of aryl methyl sites for hydroxylation is 2. The molecule has 1 fully saturated rings. The maximum absolute atomic E-state index is 12.4. The van der Waals surface area contributed by atoms with E-state index in [1.54, 1.807) is 17.1 Å². The topological polar surface area (TPSA) is 63.9 Å². The Morgan fingerprint density at radius 3 is 2.92 bits per heavy atom. The highest BCUT2D eigenvalue weighted by atomic mass is 32.2. The number of fused-ring (bicyclic) bond motifs is 2. The highest BCUT2D eigenvalue weighted by Crippen LogP contribution is 2.31. The molecule has 26 heavy (non-hydrogen) atoms. The van der Waals surface area contributed by atoms with Crippen molar-refractivity contribution in [2.24, 2.45) is 5.92 Å². The molecule has 0 spiro atoms. The van der Waals surface area contributed by atoms with Crippen LogP contribution in [0.1, 0.15) is 35.4 Å². The Kier molecular flexibility index (Phi) is 4.19. The minimum atomic E-state index is 0.0455. The lowest BCUT2D eigenvalue weighted by Crippen LogP contribution is -2.50. The molecule has 0 bridgehead atoms. The molecule has 0 radical (unpaired) electrons. The van der Waals surface area contributed by atoms with E-state index in [0.29, 0.717) is 12.5 Å². The Hall–Kier alpha value is -1.89. The van der Waals surface area contributed by atoms with E-state index >= 15 is 0 Å². The van der Waals surface area contributed by atoms with Crippen molar-refractivity contribution < 1.29 is 0 Å². The monoisotopic (exact) mass is 369 g/mol. The largest absolute Gasteiger partial charge is 0.355 e. The maximum Gasteiger partial charge on any atom is 0.267 e. The van der Waals surface area contributed by atoms with Crippen LogP contribution in [0.2, 0.25) is 0 Å². The SMILES string of the molecule is O=c1cc2c(nn1CC1CN(c3ncnc4c3CCCC4)C1)CCSC2. The van der Waals surface area contributed by atoms with Crippen LogP contribution in [0.4, 0.5) is 5.82 Å². The first-order valence-corrected chi connectivity index (χ1v) is 10.7. The van der Waals surface area contributed by atoms with Gasteiger partial charge in [-0.25, -0.2) is 14.6 Å². The third kappa shape index (κ3) is 2.92. The molecule has 1 aliphatic carbocycles. The molecule has 5 rings (SSSR count). The van der Waals surface area contributed by atoms with E-state index in [-0.39, 0.29) is 5.56 Å². The van der Waals surface area contributed by atoms with Gasteiger partial charge in [-0.15, -0.1) is 0 Å². The van der Waals surface area contributed by atoms with Crippen LogP contribution >= 0.6 is 11.8 Å². The summed E-state index contributed by atoms with van der Waals surface area (Å²) in [4.78, 5) is 23.7. The summed E-state index contributed by atoms with van der Waals surface area (Å²) in [6.45, 7) is 2.61. The van der Waals surface area contributed by atoms with E-state index in [0.717, 1.165) is 60.9 Å². The molecule has 6 nitrogen and oxygen atoms in total. The number of nitrogens with zero attached hydrogens (tertiary/aromatic N) is 5. The summed E-state index contributed by atoms with van der Waals surface area (Å²) in [5.41, 5.74) is 4.87. The summed E-state index contributed by atoms with van der Waals surface area (Å²) < 4.78 is 1.69. The molecule has 2 aromatic heterocycles. The van der Waals surface area contributed by atoms with Crippen molar-refractivity contribution in [2.75, 3.05) is 23.7 Å². The number of hydrogen-bond donors (Lipinski definition) is 0. The van der Waals surface area contributed by atoms with Crippen LogP contribution in [0.3, 0.4) is 0 Å². The fourth-order valence-corrected chi connectivity index (χ4v) is 5.21. The number of anilines is 1. The zero-order valence-electron chi connectivity index (χ0n) is 14.9. The van der Waals surface area contributed by atoms with Gasteiger partial charge in [-0.3, -0.25) is 4.79 Å². The average molecular weight is 369 g/mol. The molecule has 0 atom stereocenters. The van der Waals surface area contributed by atoms with Crippen molar-refractivity contribution in [2.45, 2.75) is 44.4 Å². The summed E-state index contributed by atoms with van der Waals surface area (Å²) in [5.74, 6) is 3.61. The molecule has 0 amide bonds. The average Bonchev–Trinajstić information content (AvgIpc) is 2.64. The summed E-state index contributed by atoms with van der Waals surface area (Å²) in [7, 11) is 0. The second-order valence-corrected chi connectivity index (χ2v) is 8.65. The van der Waals surface area contributed by atoms with Crippen LogP contribution in [0.5, 0.6) is 0 Å². The van der Waals surface area contributed by atoms with E-state index in [4.69, 9.17) is 0 Å². The molecule has 4 heterocycles. The zero-order valence-corrected chi connectivity index (χ0v) is 15.7. The molecule has 0 aromatic carbocycles. The first-order chi connectivity index (χ1) is 12.8. The van der Waals surface area contributed by atoms with Gasteiger partial charge in [-0.1, -0.05) is 0 Å². The van der Waals surface area contributed by atoms with Crippen molar-refractivity contribution >= 4 is 17.6 Å². The maximum atomic E-state index is 12.4. The first kappa shape index (κ1) is 16.3. The van der Waals surface area contributed by atoms with Crippen LogP contribution < -0.4 is 10.5 Å². The van der Waals surface area contributed by atoms with Crippen LogP contribution in [0.15, 0.2) is 17.2 Å². The lowest BCUT2D eigenvalue weighted by Gasteiger charge is -2.41. The van der Waals surface area contributed by atoms with Gasteiger partial charge in [0, 0.05) is 48.5 Å². The minimum absolute atomic E-state index is 0.0455. The molecular formula is C19H23N5OS. The van der Waals surface area contributed by atoms with Crippen LogP contribution in [0.25, 0.3) is 0 Å². The highest BCUT2D eigenvalue weighted by Gasteiger charge is 2.31. The third-order valence-corrected chi connectivity index (χ3v) is 6.70. The standard InChI is InChI=1S/C19H23N5OS/c25-18-7-14-11-26-6-5-16(14)22-24(18)10-13-8-23(9-13)19-15-3-1-2-4-17(15)20-12-21-19/h7,12-13H,1-6,8-11H2. The van der Waals surface area contributed by atoms with Crippen molar-refractivity contribution in [3.63, 3.8) is 0 Å². The van der Waals surface area contributed by atoms with Gasteiger partial charge in [0.25, 0.3) is 5.56 Å². The molecular weight excluding hydrogens is 346 g/mol. The second kappa shape index (κ2) is 6.68. The van der Waals surface area contributed by atoms with Gasteiger partial charge in [-0.05, 0) is 37.0 Å². The van der Waals surface area contributed by atoms with Gasteiger partial charge >= 0.3 is 0 Å². The van der Waals surface area contributed by atoms with Crippen molar-refractivity contribution in [3.8, 4) is 0 Å². The smallest absolute Gasteiger partial charge is 0.267 e. The van der Waals surface area contributed by atoms with E-state index in [1.165, 1.54) is 24.1 Å². The number of thioether (sulfide) groups is 1. The van der Waals surface area contributed by atoms with E-state index in [1.807, 2.05) is 11.8 Å². The Morgan fingerprint density at radius 1 is 1.12 bits per heavy atom. The quantitative estimate of drug-likeness (QED) is 0.823. The lowest BCUT2D eigenvalue weighted by atomic mass is 9.93. The predicted molar refractivity (Wildman–Crippen MR) is 103 cm³/mol. The van der Waals surface area contributed by atoms with Gasteiger partial charge in [0.2, 0.25) is 0 Å². The predicted octanol–water partition coefficient (Wildman–Crippen LogP) is 1.84. The summed E-state index contributed by atoms with van der Waals surface area (Å²) in [6, 6.07) is 1.80. The number of aromatic nitrogens is 4. The fraction of sp³-hybridized carbons (Fsp3) is 0.579. The Bertz CT molecular complexity index is 890. The van der Waals surface area contributed by atoms with Crippen LogP contribution in [-0.2, 0) is 31.6 Å². The molecule has 0 N–H and O–H groups in total. The lowest BCUT2D eigenvalue weighted by molar-refractivity contribution is 0.330. The molecule has 3 aliphatic rings. The highest BCUT2D eigenvalue weighted by molar-refractivity contribution is 7.98. The number of rotatable bonds is 3. The van der Waals surface area contributed by atoms with Crippen molar-refractivity contribution in [1.82, 2.24) is 19.7 Å². The molecule has 7 heteroatoms. The van der Waals surface area contributed by atoms with E-state index in [9.17, 15) is 4.79 Å². The van der Waals surface area contributed by atoms with Crippen LogP contribution in [0, 0.1) is 5.92 Å². The summed E-state index contributed by atoms with van der Waals surface area (Å²) in [5, 5.41) is 4.65. The van der Waals surface area contributed by atoms with Crippen LogP contribution in [-0.4, -0.2) is 38.6 Å². The van der Waals surface area contributed by atoms with Gasteiger partial charge in [0.15, 0.2) is 0 Å². The van der Waals surface area contributed by atoms with E-state index in [2.05, 4.69) is 20.0 Å². The van der Waals surface area contributed by atoms with Crippen molar-refractivity contribution in [3.05, 3.63) is 45.3 Å². The van der Waals surface area contributed by atoms with Gasteiger partial charge in [-0.2, -0.15) is 16.9 Å². The number of hydrogen-bond acceptors (Lipinski definition) is 6. The summed E-state index contributed by atoms with van der Waals surface area (Å²) >= 11 is 1.88. The normalized spacial score (nSPS) is 19.6.